The van der Waals surface area contributed by atoms with Gasteiger partial charge in [0, 0.05) is 19.6 Å². The Morgan fingerprint density at radius 2 is 2.16 bits per heavy atom. The van der Waals surface area contributed by atoms with Crippen molar-refractivity contribution >= 4 is 23.5 Å². The Kier molecular flexibility index (Phi) is 5.45. The minimum Gasteiger partial charge on any atom is -0.387 e. The van der Waals surface area contributed by atoms with Crippen molar-refractivity contribution in [3.8, 4) is 0 Å². The summed E-state index contributed by atoms with van der Waals surface area (Å²) in [6.45, 7) is 1.61. The normalized spacial score (nSPS) is 15.2. The number of hydrogen-bond acceptors (Lipinski definition) is 5. The number of nitrogens with one attached hydrogen (secondary N) is 1. The van der Waals surface area contributed by atoms with Gasteiger partial charge in [0.25, 0.3) is 5.91 Å². The van der Waals surface area contributed by atoms with E-state index in [1.807, 2.05) is 4.90 Å². The summed E-state index contributed by atoms with van der Waals surface area (Å²) >= 11 is 6.03. The van der Waals surface area contributed by atoms with E-state index < -0.39 is 17.8 Å². The second-order valence-corrected chi connectivity index (χ2v) is 6.25. The van der Waals surface area contributed by atoms with Crippen LogP contribution in [0.3, 0.4) is 0 Å². The number of rotatable bonds is 5. The molecule has 0 bridgehead atoms. The van der Waals surface area contributed by atoms with Gasteiger partial charge in [-0.3, -0.25) is 4.79 Å². The fourth-order valence-corrected chi connectivity index (χ4v) is 2.87. The molecule has 2 aromatic rings. The van der Waals surface area contributed by atoms with Crippen molar-refractivity contribution in [2.24, 2.45) is 0 Å². The van der Waals surface area contributed by atoms with E-state index in [1.165, 1.54) is 24.4 Å². The summed E-state index contributed by atoms with van der Waals surface area (Å²) in [5.74, 6) is -0.488. The predicted molar refractivity (Wildman–Crippen MR) is 92.2 cm³/mol. The molecule has 1 aliphatic rings. The van der Waals surface area contributed by atoms with Gasteiger partial charge in [-0.1, -0.05) is 23.7 Å². The van der Waals surface area contributed by atoms with Crippen LogP contribution < -0.4 is 10.2 Å². The number of carbonyl (C=O) groups is 1. The van der Waals surface area contributed by atoms with Crippen LogP contribution in [0.2, 0.25) is 5.02 Å². The van der Waals surface area contributed by atoms with Gasteiger partial charge in [0.2, 0.25) is 5.95 Å². The Bertz CT molecular complexity index is 768. The first-order chi connectivity index (χ1) is 12.0. The van der Waals surface area contributed by atoms with Crippen LogP contribution in [0.5, 0.6) is 0 Å². The molecule has 132 valence electrons. The van der Waals surface area contributed by atoms with Crippen molar-refractivity contribution in [3.05, 3.63) is 52.6 Å². The minimum atomic E-state index is -1.03. The van der Waals surface area contributed by atoms with Crippen LogP contribution in [0.1, 0.15) is 35.0 Å². The Labute approximate surface area is 149 Å². The molecule has 0 radical (unpaired) electrons. The number of aromatic nitrogens is 2. The van der Waals surface area contributed by atoms with E-state index >= 15 is 0 Å². The molecule has 1 amide bonds. The van der Waals surface area contributed by atoms with Gasteiger partial charge in [-0.15, -0.1) is 0 Å². The molecule has 1 atom stereocenters. The second-order valence-electron chi connectivity index (χ2n) is 5.84. The molecular formula is C17H18ClFN4O2. The average Bonchev–Trinajstić information content (AvgIpc) is 3.14. The number of halogens is 2. The summed E-state index contributed by atoms with van der Waals surface area (Å²) in [5, 5.41) is 12.8. The first kappa shape index (κ1) is 17.6. The Morgan fingerprint density at radius 3 is 2.88 bits per heavy atom. The largest absolute Gasteiger partial charge is 0.387 e. The molecule has 3 rings (SSSR count). The maximum Gasteiger partial charge on any atom is 0.271 e. The molecule has 0 aliphatic carbocycles. The molecule has 2 N–H and O–H groups in total. The smallest absolute Gasteiger partial charge is 0.271 e. The molecule has 1 saturated heterocycles. The number of hydrogen-bond donors (Lipinski definition) is 2. The summed E-state index contributed by atoms with van der Waals surface area (Å²) < 4.78 is 13.2. The van der Waals surface area contributed by atoms with Crippen LogP contribution in [0, 0.1) is 5.82 Å². The van der Waals surface area contributed by atoms with Gasteiger partial charge >= 0.3 is 0 Å². The maximum atomic E-state index is 13.2. The van der Waals surface area contributed by atoms with Crippen molar-refractivity contribution in [3.63, 3.8) is 0 Å². The van der Waals surface area contributed by atoms with Crippen LogP contribution in [-0.4, -0.2) is 40.6 Å². The summed E-state index contributed by atoms with van der Waals surface area (Å²) in [5.41, 5.74) is 0.442. The third-order valence-corrected chi connectivity index (χ3v) is 4.30. The van der Waals surface area contributed by atoms with Gasteiger partial charge in [0.05, 0.1) is 17.3 Å². The van der Waals surface area contributed by atoms with Crippen molar-refractivity contribution in [1.29, 1.82) is 0 Å². The van der Waals surface area contributed by atoms with Gasteiger partial charge in [0.1, 0.15) is 5.82 Å². The summed E-state index contributed by atoms with van der Waals surface area (Å²) in [7, 11) is 0. The SMILES string of the molecule is O=C(NCC(O)c1cccc(F)c1)c1nc(N2CCCC2)ncc1Cl. The van der Waals surface area contributed by atoms with Gasteiger partial charge in [-0.05, 0) is 30.5 Å². The molecule has 8 heteroatoms. The molecular weight excluding hydrogens is 347 g/mol. The van der Waals surface area contributed by atoms with E-state index in [2.05, 4.69) is 15.3 Å². The zero-order valence-electron chi connectivity index (χ0n) is 13.5. The van der Waals surface area contributed by atoms with E-state index in [9.17, 15) is 14.3 Å². The topological polar surface area (TPSA) is 78.3 Å². The molecule has 0 saturated carbocycles. The molecule has 1 fully saturated rings. The van der Waals surface area contributed by atoms with E-state index in [-0.39, 0.29) is 17.3 Å². The van der Waals surface area contributed by atoms with Gasteiger partial charge in [-0.2, -0.15) is 0 Å². The van der Waals surface area contributed by atoms with Gasteiger partial charge < -0.3 is 15.3 Å². The molecule has 2 heterocycles. The van der Waals surface area contributed by atoms with Gasteiger partial charge in [0.15, 0.2) is 5.69 Å². The molecule has 1 aromatic heterocycles. The maximum absolute atomic E-state index is 13.2. The monoisotopic (exact) mass is 364 g/mol. The Balaban J connectivity index is 1.67. The first-order valence-corrected chi connectivity index (χ1v) is 8.41. The fraction of sp³-hybridized carbons (Fsp3) is 0.353. The van der Waals surface area contributed by atoms with Crippen LogP contribution in [0.4, 0.5) is 10.3 Å². The fourth-order valence-electron chi connectivity index (χ4n) is 2.69. The average molecular weight is 365 g/mol. The molecule has 0 spiro atoms. The van der Waals surface area contributed by atoms with Crippen molar-refractivity contribution in [2.75, 3.05) is 24.5 Å². The third-order valence-electron chi connectivity index (χ3n) is 4.02. The zero-order valence-corrected chi connectivity index (χ0v) is 14.2. The van der Waals surface area contributed by atoms with Crippen molar-refractivity contribution in [2.45, 2.75) is 18.9 Å². The number of anilines is 1. The quantitative estimate of drug-likeness (QED) is 0.851. The molecule has 1 unspecified atom stereocenters. The third kappa shape index (κ3) is 4.24. The molecule has 1 aliphatic heterocycles. The lowest BCUT2D eigenvalue weighted by Crippen LogP contribution is -2.30. The van der Waals surface area contributed by atoms with E-state index in [0.29, 0.717) is 11.5 Å². The lowest BCUT2D eigenvalue weighted by Gasteiger charge is -2.16. The first-order valence-electron chi connectivity index (χ1n) is 8.04. The highest BCUT2D eigenvalue weighted by Crippen LogP contribution is 2.20. The highest BCUT2D eigenvalue weighted by Gasteiger charge is 2.20. The summed E-state index contributed by atoms with van der Waals surface area (Å²) in [6.07, 6.45) is 2.50. The van der Waals surface area contributed by atoms with Crippen LogP contribution in [0.15, 0.2) is 30.5 Å². The lowest BCUT2D eigenvalue weighted by atomic mass is 10.1. The van der Waals surface area contributed by atoms with Crippen LogP contribution >= 0.6 is 11.6 Å². The molecule has 1 aromatic carbocycles. The number of benzene rings is 1. The highest BCUT2D eigenvalue weighted by molar-refractivity contribution is 6.33. The van der Waals surface area contributed by atoms with E-state index in [1.54, 1.807) is 6.07 Å². The van der Waals surface area contributed by atoms with Gasteiger partial charge in [-0.25, -0.2) is 14.4 Å². The Hall–Kier alpha value is -2.25. The van der Waals surface area contributed by atoms with E-state index in [4.69, 9.17) is 11.6 Å². The number of amides is 1. The number of aliphatic hydroxyl groups is 1. The predicted octanol–water partition coefficient (Wildman–Crippen LogP) is 2.33. The number of nitrogens with zero attached hydrogens (tertiary/aromatic N) is 3. The molecule has 6 nitrogen and oxygen atoms in total. The Morgan fingerprint density at radius 1 is 1.40 bits per heavy atom. The standard InChI is InChI=1S/C17H18ClFN4O2/c18-13-9-21-17(23-6-1-2-7-23)22-15(13)16(25)20-10-14(24)11-4-3-5-12(19)8-11/h3-5,8-9,14,24H,1-2,6-7,10H2,(H,20,25). The van der Waals surface area contributed by atoms with Crippen LogP contribution in [-0.2, 0) is 0 Å². The van der Waals surface area contributed by atoms with Crippen LogP contribution in [0.25, 0.3) is 0 Å². The summed E-state index contributed by atoms with van der Waals surface area (Å²) in [6, 6.07) is 5.59. The minimum absolute atomic E-state index is 0.0602. The summed E-state index contributed by atoms with van der Waals surface area (Å²) in [4.78, 5) is 22.8. The highest BCUT2D eigenvalue weighted by atomic mass is 35.5. The zero-order chi connectivity index (χ0) is 17.8. The lowest BCUT2D eigenvalue weighted by molar-refractivity contribution is 0.0911. The number of carbonyl (C=O) groups excluding carboxylic acids is 1. The van der Waals surface area contributed by atoms with Crippen molar-refractivity contribution in [1.82, 2.24) is 15.3 Å². The number of aliphatic hydroxyl groups excluding tert-OH is 1. The van der Waals surface area contributed by atoms with E-state index in [0.717, 1.165) is 25.9 Å². The van der Waals surface area contributed by atoms with Crippen molar-refractivity contribution < 1.29 is 14.3 Å². The molecule has 25 heavy (non-hydrogen) atoms. The second kappa shape index (κ2) is 7.76.